The van der Waals surface area contributed by atoms with Gasteiger partial charge in [-0.2, -0.15) is 0 Å². The van der Waals surface area contributed by atoms with Crippen LogP contribution >= 0.6 is 0 Å². The Hall–Kier alpha value is -2.88. The predicted molar refractivity (Wildman–Crippen MR) is 83.4 cm³/mol. The van der Waals surface area contributed by atoms with Gasteiger partial charge in [-0.1, -0.05) is 30.3 Å². The molecule has 0 spiro atoms. The molecule has 0 unspecified atom stereocenters. The Morgan fingerprint density at radius 2 is 1.86 bits per heavy atom. The molecule has 0 saturated heterocycles. The van der Waals surface area contributed by atoms with Gasteiger partial charge in [0.2, 0.25) is 0 Å². The van der Waals surface area contributed by atoms with Crippen molar-refractivity contribution in [2.75, 3.05) is 0 Å². The van der Waals surface area contributed by atoms with Crippen LogP contribution in [0, 0.1) is 0 Å². The monoisotopic (exact) mass is 294 g/mol. The lowest BCUT2D eigenvalue weighted by molar-refractivity contribution is 0.198. The summed E-state index contributed by atoms with van der Waals surface area (Å²) in [7, 11) is 0. The summed E-state index contributed by atoms with van der Waals surface area (Å²) in [5, 5.41) is 21.1. The minimum absolute atomic E-state index is 0.166. The van der Waals surface area contributed by atoms with E-state index in [1.54, 1.807) is 0 Å². The number of furan rings is 1. The highest BCUT2D eigenvalue weighted by Gasteiger charge is 2.24. The molecule has 4 rings (SSSR count). The molecular weight excluding hydrogens is 280 g/mol. The van der Waals surface area contributed by atoms with Gasteiger partial charge < -0.3 is 19.4 Å². The topological polar surface area (TPSA) is 62.8 Å². The summed E-state index contributed by atoms with van der Waals surface area (Å²) in [6, 6.07) is 10.9. The summed E-state index contributed by atoms with van der Waals surface area (Å²) in [5.74, 6) is 1.15. The van der Waals surface area contributed by atoms with Crippen molar-refractivity contribution in [3.63, 3.8) is 0 Å². The molecule has 0 amide bonds. The molecule has 110 valence electrons. The molecule has 1 aliphatic rings. The lowest BCUT2D eigenvalue weighted by atomic mass is 9.99. The van der Waals surface area contributed by atoms with E-state index in [2.05, 4.69) is 0 Å². The SMILES string of the molecule is CC1=Cc2oc3c(-c4ccccc4)c(O)c(O)cc3c2CO1. The number of benzene rings is 2. The van der Waals surface area contributed by atoms with Crippen LogP contribution in [0.4, 0.5) is 0 Å². The zero-order valence-corrected chi connectivity index (χ0v) is 12.0. The molecule has 0 atom stereocenters. The maximum absolute atomic E-state index is 10.3. The third kappa shape index (κ3) is 1.77. The second kappa shape index (κ2) is 4.56. The zero-order chi connectivity index (χ0) is 15.3. The summed E-state index contributed by atoms with van der Waals surface area (Å²) in [4.78, 5) is 0. The predicted octanol–water partition coefficient (Wildman–Crippen LogP) is 4.40. The summed E-state index contributed by atoms with van der Waals surface area (Å²) in [6.45, 7) is 2.26. The quantitative estimate of drug-likeness (QED) is 0.653. The van der Waals surface area contributed by atoms with E-state index in [-0.39, 0.29) is 11.5 Å². The van der Waals surface area contributed by atoms with Crippen LogP contribution in [0.25, 0.3) is 28.2 Å². The third-order valence-electron chi connectivity index (χ3n) is 3.91. The Balaban J connectivity index is 2.10. The molecule has 4 nitrogen and oxygen atoms in total. The van der Waals surface area contributed by atoms with E-state index < -0.39 is 0 Å². The average Bonchev–Trinajstić information content (AvgIpc) is 2.86. The highest BCUT2D eigenvalue weighted by Crippen LogP contribution is 2.46. The van der Waals surface area contributed by atoms with Crippen molar-refractivity contribution in [1.82, 2.24) is 0 Å². The minimum Gasteiger partial charge on any atom is -0.504 e. The fraction of sp³-hybridized carbons (Fsp3) is 0.111. The molecule has 2 heterocycles. The standard InChI is InChI=1S/C18H14O4/c1-10-7-15-13(9-21-10)12-8-14(19)17(20)16(18(12)22-15)11-5-3-2-4-6-11/h2-8,19-20H,9H2,1H3. The smallest absolute Gasteiger partial charge is 0.169 e. The summed E-state index contributed by atoms with van der Waals surface area (Å²) in [5.41, 5.74) is 2.72. The maximum Gasteiger partial charge on any atom is 0.169 e. The number of aromatic hydroxyl groups is 2. The first kappa shape index (κ1) is 12.8. The number of phenols is 2. The molecule has 0 saturated carbocycles. The summed E-state index contributed by atoms with van der Waals surface area (Å²) in [6.07, 6.45) is 1.82. The zero-order valence-electron chi connectivity index (χ0n) is 12.0. The van der Waals surface area contributed by atoms with Crippen molar-refractivity contribution in [3.05, 3.63) is 53.5 Å². The number of rotatable bonds is 1. The largest absolute Gasteiger partial charge is 0.504 e. The molecule has 0 radical (unpaired) electrons. The first-order valence-corrected chi connectivity index (χ1v) is 7.02. The molecule has 2 aromatic carbocycles. The van der Waals surface area contributed by atoms with Crippen LogP contribution < -0.4 is 0 Å². The van der Waals surface area contributed by atoms with Crippen molar-refractivity contribution >= 4 is 17.0 Å². The molecule has 0 aliphatic carbocycles. The van der Waals surface area contributed by atoms with Crippen LogP contribution in [-0.2, 0) is 11.3 Å². The highest BCUT2D eigenvalue weighted by atomic mass is 16.5. The highest BCUT2D eigenvalue weighted by molar-refractivity contribution is 6.00. The van der Waals surface area contributed by atoms with E-state index in [0.717, 1.165) is 22.3 Å². The summed E-state index contributed by atoms with van der Waals surface area (Å²) >= 11 is 0. The molecule has 1 aromatic heterocycles. The van der Waals surface area contributed by atoms with E-state index in [4.69, 9.17) is 9.15 Å². The molecule has 3 aromatic rings. The average molecular weight is 294 g/mol. The fourth-order valence-corrected chi connectivity index (χ4v) is 2.83. The van der Waals surface area contributed by atoms with Gasteiger partial charge in [0.15, 0.2) is 11.5 Å². The summed E-state index contributed by atoms with van der Waals surface area (Å²) < 4.78 is 11.5. The second-order valence-corrected chi connectivity index (χ2v) is 5.35. The lowest BCUT2D eigenvalue weighted by Gasteiger charge is -2.11. The maximum atomic E-state index is 10.3. The van der Waals surface area contributed by atoms with Gasteiger partial charge in [-0.3, -0.25) is 0 Å². The van der Waals surface area contributed by atoms with Crippen LogP contribution in [0.3, 0.4) is 0 Å². The van der Waals surface area contributed by atoms with Crippen LogP contribution in [0.15, 0.2) is 46.6 Å². The number of hydrogen-bond donors (Lipinski definition) is 2. The van der Waals surface area contributed by atoms with Gasteiger partial charge in [0.05, 0.1) is 11.3 Å². The van der Waals surface area contributed by atoms with Gasteiger partial charge >= 0.3 is 0 Å². The molecule has 4 heteroatoms. The van der Waals surface area contributed by atoms with Crippen molar-refractivity contribution in [2.24, 2.45) is 0 Å². The first-order valence-electron chi connectivity index (χ1n) is 7.02. The van der Waals surface area contributed by atoms with Crippen molar-refractivity contribution in [3.8, 4) is 22.6 Å². The van der Waals surface area contributed by atoms with Crippen LogP contribution in [-0.4, -0.2) is 10.2 Å². The minimum atomic E-state index is -0.175. The van der Waals surface area contributed by atoms with Crippen LogP contribution in [0.2, 0.25) is 0 Å². The van der Waals surface area contributed by atoms with Crippen molar-refractivity contribution < 1.29 is 19.4 Å². The number of fused-ring (bicyclic) bond motifs is 3. The molecule has 1 aliphatic heterocycles. The van der Waals surface area contributed by atoms with Gasteiger partial charge in [-0.15, -0.1) is 0 Å². The number of allylic oxidation sites excluding steroid dienone is 1. The van der Waals surface area contributed by atoms with Gasteiger partial charge in [0.25, 0.3) is 0 Å². The van der Waals surface area contributed by atoms with E-state index in [1.165, 1.54) is 6.07 Å². The Morgan fingerprint density at radius 1 is 1.09 bits per heavy atom. The van der Waals surface area contributed by atoms with E-state index in [0.29, 0.717) is 23.5 Å². The number of phenolic OH excluding ortho intramolecular Hbond substituents is 2. The molecule has 2 N–H and O–H groups in total. The first-order chi connectivity index (χ1) is 10.6. The fourth-order valence-electron chi connectivity index (χ4n) is 2.83. The van der Waals surface area contributed by atoms with Crippen LogP contribution in [0.5, 0.6) is 11.5 Å². The van der Waals surface area contributed by atoms with E-state index >= 15 is 0 Å². The van der Waals surface area contributed by atoms with Gasteiger partial charge in [-0.25, -0.2) is 0 Å². The molecule has 22 heavy (non-hydrogen) atoms. The second-order valence-electron chi connectivity index (χ2n) is 5.35. The van der Waals surface area contributed by atoms with Gasteiger partial charge in [0.1, 0.15) is 18.0 Å². The normalized spacial score (nSPS) is 13.6. The lowest BCUT2D eigenvalue weighted by Crippen LogP contribution is -1.97. The van der Waals surface area contributed by atoms with E-state index in [9.17, 15) is 10.2 Å². The Bertz CT molecular complexity index is 904. The molecular formula is C18H14O4. The molecule has 0 fully saturated rings. The third-order valence-corrected chi connectivity index (χ3v) is 3.91. The van der Waals surface area contributed by atoms with Gasteiger partial charge in [-0.05, 0) is 18.6 Å². The Morgan fingerprint density at radius 3 is 2.64 bits per heavy atom. The number of ether oxygens (including phenoxy) is 1. The van der Waals surface area contributed by atoms with Gasteiger partial charge in [0, 0.05) is 17.0 Å². The Kier molecular flexibility index (Phi) is 2.66. The number of hydrogen-bond acceptors (Lipinski definition) is 4. The Labute approximate surface area is 126 Å². The van der Waals surface area contributed by atoms with Crippen molar-refractivity contribution in [2.45, 2.75) is 13.5 Å². The van der Waals surface area contributed by atoms with Crippen molar-refractivity contribution in [1.29, 1.82) is 0 Å². The van der Waals surface area contributed by atoms with E-state index in [1.807, 2.05) is 43.3 Å². The van der Waals surface area contributed by atoms with Crippen LogP contribution in [0.1, 0.15) is 18.2 Å². The molecule has 0 bridgehead atoms.